The van der Waals surface area contributed by atoms with Crippen LogP contribution in [0, 0.1) is 17.8 Å². The van der Waals surface area contributed by atoms with E-state index in [1.807, 2.05) is 0 Å². The minimum Gasteiger partial charge on any atom is -0.455 e. The maximum absolute atomic E-state index is 13.6. The van der Waals surface area contributed by atoms with E-state index in [0.717, 1.165) is 83.5 Å². The molecule has 2 aromatic rings. The van der Waals surface area contributed by atoms with Gasteiger partial charge in [0, 0.05) is 6.61 Å². The second kappa shape index (κ2) is 11.8. The Morgan fingerprint density at radius 1 is 0.800 bits per heavy atom. The lowest BCUT2D eigenvalue weighted by atomic mass is 10.1. The molecule has 2 aromatic heterocycles. The molecule has 4 aliphatic carbocycles. The van der Waals surface area contributed by atoms with Crippen LogP contribution in [0.2, 0.25) is 0 Å². The van der Waals surface area contributed by atoms with Crippen molar-refractivity contribution >= 4 is 34.9 Å². The van der Waals surface area contributed by atoms with Crippen molar-refractivity contribution < 1.29 is 38.1 Å². The van der Waals surface area contributed by atoms with Gasteiger partial charge in [0.25, 0.3) is 0 Å². The minimum atomic E-state index is -1.45. The number of fused-ring (bicyclic) bond motifs is 2. The van der Waals surface area contributed by atoms with Gasteiger partial charge in [-0.2, -0.15) is 0 Å². The number of aromatic nitrogens is 4. The van der Waals surface area contributed by atoms with Gasteiger partial charge in [0.05, 0.1) is 36.7 Å². The highest BCUT2D eigenvalue weighted by Crippen LogP contribution is 2.60. The normalized spacial score (nSPS) is 33.5. The minimum absolute atomic E-state index is 0.109. The van der Waals surface area contributed by atoms with E-state index in [1.165, 1.54) is 6.33 Å². The molecule has 0 radical (unpaired) electrons. The maximum Gasteiger partial charge on any atom is 0.309 e. The smallest absolute Gasteiger partial charge is 0.309 e. The van der Waals surface area contributed by atoms with Gasteiger partial charge < -0.3 is 29.0 Å². The van der Waals surface area contributed by atoms with Gasteiger partial charge in [-0.05, 0) is 44.9 Å². The van der Waals surface area contributed by atoms with Crippen LogP contribution in [0.3, 0.4) is 0 Å². The first kappa shape index (κ1) is 29.1. The first-order valence-corrected chi connectivity index (χ1v) is 16.8. The Kier molecular flexibility index (Phi) is 7.63. The van der Waals surface area contributed by atoms with Gasteiger partial charge in [-0.1, -0.05) is 38.5 Å². The summed E-state index contributed by atoms with van der Waals surface area (Å²) in [5.74, 6) is -1.11. The molecule has 6 fully saturated rings. The zero-order chi connectivity index (χ0) is 30.5. The van der Waals surface area contributed by atoms with Gasteiger partial charge in [-0.15, -0.1) is 0 Å². The molecular formula is C32H41N5O8. The van der Waals surface area contributed by atoms with E-state index in [1.54, 1.807) is 10.9 Å². The third-order valence-electron chi connectivity index (χ3n) is 10.8. The number of imidazole rings is 1. The predicted molar refractivity (Wildman–Crippen MR) is 157 cm³/mol. The molecule has 2 unspecified atom stereocenters. The molecule has 8 rings (SSSR count). The molecule has 1 N–H and O–H groups in total. The first-order valence-electron chi connectivity index (χ1n) is 16.8. The monoisotopic (exact) mass is 623 g/mol. The van der Waals surface area contributed by atoms with E-state index in [-0.39, 0.29) is 41.7 Å². The van der Waals surface area contributed by atoms with Gasteiger partial charge >= 0.3 is 17.9 Å². The van der Waals surface area contributed by atoms with Crippen molar-refractivity contribution in [3.63, 3.8) is 0 Å². The zero-order valence-electron chi connectivity index (χ0n) is 25.4. The summed E-state index contributed by atoms with van der Waals surface area (Å²) in [7, 11) is 0. The number of carbonyl (C=O) groups excluding carboxylic acids is 3. The van der Waals surface area contributed by atoms with E-state index in [2.05, 4.69) is 20.3 Å². The topological polar surface area (TPSA) is 153 Å². The van der Waals surface area contributed by atoms with Crippen molar-refractivity contribution in [3.8, 4) is 0 Å². The average molecular weight is 624 g/mol. The lowest BCUT2D eigenvalue weighted by Crippen LogP contribution is -2.46. The van der Waals surface area contributed by atoms with Crippen LogP contribution in [-0.4, -0.2) is 80.6 Å². The van der Waals surface area contributed by atoms with Gasteiger partial charge in [0.15, 0.2) is 35.4 Å². The van der Waals surface area contributed by atoms with E-state index < -0.39 is 30.1 Å². The highest BCUT2D eigenvalue weighted by Gasteiger charge is 2.85. The van der Waals surface area contributed by atoms with E-state index in [4.69, 9.17) is 23.7 Å². The number of nitrogens with one attached hydrogen (secondary N) is 1. The number of carbonyl (C=O) groups is 3. The standard InChI is InChI=1S/C32H41N5O8/c38-29(18-7-1-2-8-18)43-24-23-32(24,45-31(40)20-11-5-6-12-20)25(44-30(39)19-9-3-4-10-19)28(42-23)37-17-35-22-26(33-16-34-27(22)37)36-21-13-14-41-15-21/h16-21,23-25,28H,1-15H2,(H,33,34,36)/t21-,23-,24?,25+,28?,32+/m1/s1. The fourth-order valence-corrected chi connectivity index (χ4v) is 8.13. The Balaban J connectivity index is 1.14. The fourth-order valence-electron chi connectivity index (χ4n) is 8.13. The van der Waals surface area contributed by atoms with Crippen molar-refractivity contribution in [2.45, 2.75) is 120 Å². The third-order valence-corrected chi connectivity index (χ3v) is 10.8. The van der Waals surface area contributed by atoms with E-state index in [0.29, 0.717) is 30.2 Å². The Morgan fingerprint density at radius 3 is 2.04 bits per heavy atom. The largest absolute Gasteiger partial charge is 0.455 e. The summed E-state index contributed by atoms with van der Waals surface area (Å²) < 4.78 is 32.5. The van der Waals surface area contributed by atoms with E-state index in [9.17, 15) is 14.4 Å². The third kappa shape index (κ3) is 5.15. The lowest BCUT2D eigenvalue weighted by molar-refractivity contribution is -0.191. The van der Waals surface area contributed by atoms with Crippen molar-refractivity contribution in [1.82, 2.24) is 19.5 Å². The Morgan fingerprint density at radius 2 is 1.42 bits per heavy atom. The quantitative estimate of drug-likeness (QED) is 0.321. The molecule has 45 heavy (non-hydrogen) atoms. The van der Waals surface area contributed by atoms with Crippen LogP contribution < -0.4 is 5.32 Å². The molecule has 2 aliphatic heterocycles. The van der Waals surface area contributed by atoms with Gasteiger partial charge in [-0.25, -0.2) is 15.0 Å². The van der Waals surface area contributed by atoms with Crippen molar-refractivity contribution in [3.05, 3.63) is 12.7 Å². The summed E-state index contributed by atoms with van der Waals surface area (Å²) in [6, 6.07) is 0.109. The number of rotatable bonds is 9. The molecule has 4 heterocycles. The highest BCUT2D eigenvalue weighted by molar-refractivity contribution is 5.83. The Hall–Kier alpha value is -3.32. The van der Waals surface area contributed by atoms with Gasteiger partial charge in [0.1, 0.15) is 12.4 Å². The summed E-state index contributed by atoms with van der Waals surface area (Å²) >= 11 is 0. The van der Waals surface area contributed by atoms with Crippen LogP contribution in [0.5, 0.6) is 0 Å². The average Bonchev–Trinajstić information content (AvgIpc) is 3.85. The molecule has 13 heteroatoms. The Bertz CT molecular complexity index is 1440. The summed E-state index contributed by atoms with van der Waals surface area (Å²) in [6.07, 6.45) is 10.6. The molecule has 0 aromatic carbocycles. The number of hydrogen-bond acceptors (Lipinski definition) is 12. The van der Waals surface area contributed by atoms with Crippen LogP contribution in [0.4, 0.5) is 5.82 Å². The number of esters is 3. The summed E-state index contributed by atoms with van der Waals surface area (Å²) in [6.45, 7) is 1.26. The molecule has 0 bridgehead atoms. The van der Waals surface area contributed by atoms with Crippen LogP contribution >= 0.6 is 0 Å². The molecule has 4 saturated carbocycles. The molecule has 242 valence electrons. The molecule has 13 nitrogen and oxygen atoms in total. The van der Waals surface area contributed by atoms with E-state index >= 15 is 0 Å². The van der Waals surface area contributed by atoms with Crippen molar-refractivity contribution in [2.75, 3.05) is 18.5 Å². The van der Waals surface area contributed by atoms with Gasteiger partial charge in [-0.3, -0.25) is 19.0 Å². The molecular weight excluding hydrogens is 582 g/mol. The molecule has 2 saturated heterocycles. The molecule has 0 spiro atoms. The van der Waals surface area contributed by atoms with Crippen molar-refractivity contribution in [1.29, 1.82) is 0 Å². The number of anilines is 1. The second-order valence-electron chi connectivity index (χ2n) is 13.6. The number of nitrogens with zero attached hydrogens (tertiary/aromatic N) is 4. The van der Waals surface area contributed by atoms with Crippen LogP contribution in [0.1, 0.15) is 89.7 Å². The fraction of sp³-hybridized carbons (Fsp3) is 0.750. The highest BCUT2D eigenvalue weighted by atomic mass is 16.7. The maximum atomic E-state index is 13.6. The first-order chi connectivity index (χ1) is 22.0. The molecule has 6 aliphatic rings. The van der Waals surface area contributed by atoms with Gasteiger partial charge in [0.2, 0.25) is 5.60 Å². The molecule has 0 amide bonds. The SMILES string of the molecule is O=C(OC1[C@H]2OC(n3cnc4c(N[C@@H]5CCOC5)ncnc43)[C@H](OC(=O)C3CCCC3)[C@@]12OC(=O)C1CCCC1)C1CCCC1. The summed E-state index contributed by atoms with van der Waals surface area (Å²) in [5.41, 5.74) is -0.425. The number of hydrogen-bond donors (Lipinski definition) is 1. The lowest BCUT2D eigenvalue weighted by Gasteiger charge is -2.31. The second-order valence-corrected chi connectivity index (χ2v) is 13.6. The summed E-state index contributed by atoms with van der Waals surface area (Å²) in [5, 5.41) is 3.40. The van der Waals surface area contributed by atoms with Crippen LogP contribution in [0.25, 0.3) is 11.2 Å². The zero-order valence-corrected chi connectivity index (χ0v) is 25.4. The predicted octanol–water partition coefficient (Wildman–Crippen LogP) is 3.61. The Labute approximate surface area is 261 Å². The van der Waals surface area contributed by atoms with Crippen LogP contribution in [0.15, 0.2) is 12.7 Å². The van der Waals surface area contributed by atoms with Crippen LogP contribution in [-0.2, 0) is 38.1 Å². The molecule has 6 atom stereocenters. The van der Waals surface area contributed by atoms with Crippen molar-refractivity contribution in [2.24, 2.45) is 17.8 Å². The summed E-state index contributed by atoms with van der Waals surface area (Å²) in [4.78, 5) is 54.0. The number of ether oxygens (including phenoxy) is 5.